The van der Waals surface area contributed by atoms with E-state index in [1.54, 1.807) is 7.11 Å². The standard InChI is InChI=1S/C25H36N2O5/c1-16(2)5-10-20-24(3,32-20)22-21(29-4)19(11-13-25(22)15-30-25)31-23(28)27-14-12-17-6-8-18(26)9-7-17/h5-9,19-22H,10-15,26H2,1-4H3,(H,27,28)/t19?,20-,21?,22?,24-,25+/m1/s1. The number of benzene rings is 1. The summed E-state index contributed by atoms with van der Waals surface area (Å²) in [5.41, 5.74) is 8.28. The van der Waals surface area contributed by atoms with Crippen molar-refractivity contribution in [2.24, 2.45) is 5.92 Å². The molecule has 3 fully saturated rings. The van der Waals surface area contributed by atoms with E-state index in [1.165, 1.54) is 5.57 Å². The zero-order valence-corrected chi connectivity index (χ0v) is 19.6. The molecular formula is C25H36N2O5. The molecule has 2 saturated heterocycles. The Balaban J connectivity index is 1.35. The Hall–Kier alpha value is -2.09. The third-order valence-electron chi connectivity index (χ3n) is 7.16. The average molecular weight is 445 g/mol. The Morgan fingerprint density at radius 3 is 2.66 bits per heavy atom. The van der Waals surface area contributed by atoms with Gasteiger partial charge < -0.3 is 30.0 Å². The lowest BCUT2D eigenvalue weighted by molar-refractivity contribution is -0.118. The van der Waals surface area contributed by atoms with E-state index in [1.807, 2.05) is 24.3 Å². The number of carbonyl (C=O) groups excluding carboxylic acids is 1. The predicted octanol–water partition coefficient (Wildman–Crippen LogP) is 3.61. The van der Waals surface area contributed by atoms with Crippen molar-refractivity contribution in [3.05, 3.63) is 41.5 Å². The molecule has 32 heavy (non-hydrogen) atoms. The fourth-order valence-corrected chi connectivity index (χ4v) is 5.24. The van der Waals surface area contributed by atoms with Crippen LogP contribution in [0.4, 0.5) is 10.5 Å². The molecule has 0 aromatic heterocycles. The number of amides is 1. The average Bonchev–Trinajstić information content (AvgIpc) is 3.66. The third-order valence-corrected chi connectivity index (χ3v) is 7.16. The van der Waals surface area contributed by atoms with Gasteiger partial charge in [0.05, 0.1) is 18.6 Å². The van der Waals surface area contributed by atoms with Gasteiger partial charge in [-0.15, -0.1) is 0 Å². The van der Waals surface area contributed by atoms with Crippen molar-refractivity contribution in [3.63, 3.8) is 0 Å². The molecule has 3 N–H and O–H groups in total. The van der Waals surface area contributed by atoms with E-state index in [0.29, 0.717) is 19.6 Å². The second-order valence-electron chi connectivity index (χ2n) is 9.74. The fourth-order valence-electron chi connectivity index (χ4n) is 5.24. The summed E-state index contributed by atoms with van der Waals surface area (Å²) in [6.45, 7) is 7.55. The molecule has 2 heterocycles. The summed E-state index contributed by atoms with van der Waals surface area (Å²) in [5.74, 6) is 0.0249. The van der Waals surface area contributed by atoms with Crippen LogP contribution in [0.15, 0.2) is 35.9 Å². The molecule has 7 nitrogen and oxygen atoms in total. The number of allylic oxidation sites excluding steroid dienone is 1. The summed E-state index contributed by atoms with van der Waals surface area (Å²) in [4.78, 5) is 12.5. The highest BCUT2D eigenvalue weighted by atomic mass is 16.6. The summed E-state index contributed by atoms with van der Waals surface area (Å²) in [6.07, 6.45) is 4.48. The predicted molar refractivity (Wildman–Crippen MR) is 122 cm³/mol. The minimum Gasteiger partial charge on any atom is -0.443 e. The summed E-state index contributed by atoms with van der Waals surface area (Å²) in [6, 6.07) is 7.65. The molecule has 7 heteroatoms. The number of alkyl carbamates (subject to hydrolysis) is 1. The first kappa shape index (κ1) is 23.1. The SMILES string of the molecule is COC1C(OC(=O)NCCc2ccc(N)cc2)CC[C@]2(CO2)C1[C@]1(C)O[C@@H]1CC=C(C)C. The van der Waals surface area contributed by atoms with Gasteiger partial charge in [-0.05, 0) is 64.2 Å². The van der Waals surface area contributed by atoms with Gasteiger partial charge in [0.2, 0.25) is 0 Å². The molecule has 1 aromatic carbocycles. The topological polar surface area (TPSA) is 98.6 Å². The van der Waals surface area contributed by atoms with Crippen LogP contribution in [0.2, 0.25) is 0 Å². The lowest BCUT2D eigenvalue weighted by Gasteiger charge is -2.42. The van der Waals surface area contributed by atoms with Crippen LogP contribution in [0.1, 0.15) is 45.6 Å². The van der Waals surface area contributed by atoms with Gasteiger partial charge in [0, 0.05) is 19.3 Å². The van der Waals surface area contributed by atoms with Gasteiger partial charge in [-0.2, -0.15) is 0 Å². The second kappa shape index (κ2) is 9.04. The minimum atomic E-state index is -0.415. The highest BCUT2D eigenvalue weighted by Gasteiger charge is 2.72. The fraction of sp³-hybridized carbons (Fsp3) is 0.640. The lowest BCUT2D eigenvalue weighted by Crippen LogP contribution is -2.56. The van der Waals surface area contributed by atoms with Crippen LogP contribution in [0, 0.1) is 5.92 Å². The molecule has 3 unspecified atom stereocenters. The molecule has 1 aromatic rings. The molecular weight excluding hydrogens is 408 g/mol. The van der Waals surface area contributed by atoms with Crippen molar-refractivity contribution < 1.29 is 23.7 Å². The quantitative estimate of drug-likeness (QED) is 0.361. The number of carbonyl (C=O) groups is 1. The molecule has 0 bridgehead atoms. The normalized spacial score (nSPS) is 35.2. The van der Waals surface area contributed by atoms with Crippen molar-refractivity contribution in [1.29, 1.82) is 0 Å². The van der Waals surface area contributed by atoms with Crippen LogP contribution in [-0.4, -0.2) is 55.9 Å². The molecule has 1 spiro atoms. The Bertz CT molecular complexity index is 846. The maximum atomic E-state index is 12.5. The van der Waals surface area contributed by atoms with Crippen LogP contribution in [0.5, 0.6) is 0 Å². The molecule has 1 aliphatic carbocycles. The van der Waals surface area contributed by atoms with Crippen LogP contribution in [0.25, 0.3) is 0 Å². The summed E-state index contributed by atoms with van der Waals surface area (Å²) in [7, 11) is 1.69. The largest absolute Gasteiger partial charge is 0.443 e. The third kappa shape index (κ3) is 4.80. The number of hydrogen-bond acceptors (Lipinski definition) is 6. The summed E-state index contributed by atoms with van der Waals surface area (Å²) < 4.78 is 23.9. The van der Waals surface area contributed by atoms with Crippen molar-refractivity contribution in [1.82, 2.24) is 5.32 Å². The van der Waals surface area contributed by atoms with E-state index >= 15 is 0 Å². The summed E-state index contributed by atoms with van der Waals surface area (Å²) >= 11 is 0. The number of rotatable bonds is 8. The van der Waals surface area contributed by atoms with Gasteiger partial charge in [0.15, 0.2) is 0 Å². The van der Waals surface area contributed by atoms with E-state index in [9.17, 15) is 4.79 Å². The summed E-state index contributed by atoms with van der Waals surface area (Å²) in [5, 5.41) is 2.87. The lowest BCUT2D eigenvalue weighted by atomic mass is 9.68. The highest BCUT2D eigenvalue weighted by molar-refractivity contribution is 5.67. The van der Waals surface area contributed by atoms with Crippen LogP contribution < -0.4 is 11.1 Å². The van der Waals surface area contributed by atoms with Gasteiger partial charge in [0.25, 0.3) is 0 Å². The zero-order chi connectivity index (χ0) is 22.9. The van der Waals surface area contributed by atoms with Crippen LogP contribution in [0.3, 0.4) is 0 Å². The van der Waals surface area contributed by atoms with E-state index in [0.717, 1.165) is 30.5 Å². The van der Waals surface area contributed by atoms with E-state index in [4.69, 9.17) is 24.7 Å². The maximum Gasteiger partial charge on any atom is 0.407 e. The van der Waals surface area contributed by atoms with Gasteiger partial charge >= 0.3 is 6.09 Å². The number of nitrogen functional groups attached to an aromatic ring is 1. The first-order chi connectivity index (χ1) is 15.3. The monoisotopic (exact) mass is 444 g/mol. The van der Waals surface area contributed by atoms with Gasteiger partial charge in [-0.1, -0.05) is 23.8 Å². The van der Waals surface area contributed by atoms with E-state index < -0.39 is 6.09 Å². The number of ether oxygens (including phenoxy) is 4. The van der Waals surface area contributed by atoms with Crippen LogP contribution in [-0.2, 0) is 25.4 Å². The number of anilines is 1. The van der Waals surface area contributed by atoms with Gasteiger partial charge in [-0.25, -0.2) is 4.79 Å². The first-order valence-electron chi connectivity index (χ1n) is 11.5. The molecule has 4 rings (SSSR count). The molecule has 1 amide bonds. The van der Waals surface area contributed by atoms with Crippen LogP contribution >= 0.6 is 0 Å². The molecule has 2 aliphatic heterocycles. The van der Waals surface area contributed by atoms with Crippen molar-refractivity contribution in [2.45, 2.75) is 76.0 Å². The van der Waals surface area contributed by atoms with E-state index in [2.05, 4.69) is 32.2 Å². The zero-order valence-electron chi connectivity index (χ0n) is 19.6. The molecule has 3 aliphatic rings. The molecule has 0 radical (unpaired) electrons. The number of epoxide rings is 2. The smallest absolute Gasteiger partial charge is 0.407 e. The van der Waals surface area contributed by atoms with E-state index in [-0.39, 0.29) is 35.4 Å². The second-order valence-corrected chi connectivity index (χ2v) is 9.74. The molecule has 176 valence electrons. The minimum absolute atomic E-state index is 0.0249. The Kier molecular flexibility index (Phi) is 6.52. The Morgan fingerprint density at radius 1 is 1.31 bits per heavy atom. The molecule has 6 atom stereocenters. The number of hydrogen-bond donors (Lipinski definition) is 2. The van der Waals surface area contributed by atoms with Crippen molar-refractivity contribution in [3.8, 4) is 0 Å². The van der Waals surface area contributed by atoms with Crippen molar-refractivity contribution in [2.75, 3.05) is 26.0 Å². The van der Waals surface area contributed by atoms with Crippen molar-refractivity contribution >= 4 is 11.8 Å². The van der Waals surface area contributed by atoms with Gasteiger partial charge in [0.1, 0.15) is 23.4 Å². The number of methoxy groups -OCH3 is 1. The Morgan fingerprint density at radius 2 is 2.03 bits per heavy atom. The number of nitrogens with one attached hydrogen (secondary N) is 1. The van der Waals surface area contributed by atoms with Gasteiger partial charge in [-0.3, -0.25) is 0 Å². The highest BCUT2D eigenvalue weighted by Crippen LogP contribution is 2.59. The maximum absolute atomic E-state index is 12.5. The first-order valence-corrected chi connectivity index (χ1v) is 11.5. The molecule has 1 saturated carbocycles. The Labute approximate surface area is 190 Å². The number of nitrogens with two attached hydrogens (primary N) is 1.